The molecule has 0 saturated heterocycles. The number of ether oxygens (including phenoxy) is 1. The Morgan fingerprint density at radius 3 is 2.63 bits per heavy atom. The number of nitrogens with zero attached hydrogens (tertiary/aromatic N) is 1. The Morgan fingerprint density at radius 2 is 2.16 bits per heavy atom. The molecule has 0 heterocycles. The molecule has 1 N–H and O–H groups in total. The van der Waals surface area contributed by atoms with Crippen molar-refractivity contribution in [1.82, 2.24) is 0 Å². The molecule has 102 valence electrons. The fourth-order valence-corrected chi connectivity index (χ4v) is 1.88. The Kier molecular flexibility index (Phi) is 4.67. The molecule has 0 atom stereocenters. The Labute approximate surface area is 110 Å². The van der Waals surface area contributed by atoms with Gasteiger partial charge in [0.15, 0.2) is 0 Å². The van der Waals surface area contributed by atoms with Crippen LogP contribution < -0.4 is 0 Å². The van der Waals surface area contributed by atoms with Gasteiger partial charge in [0, 0.05) is 0 Å². The van der Waals surface area contributed by atoms with Crippen molar-refractivity contribution in [3.05, 3.63) is 23.3 Å². The summed E-state index contributed by atoms with van der Waals surface area (Å²) in [5.74, 6) is -1.83. The molecule has 0 aliphatic rings. The molecule has 0 aliphatic carbocycles. The standard InChI is InChI=1S/C11H8F3NO3S/c1-2-18-10(17)7-3-6(5-15)4-8(9(7)16)19-11(12,13)14/h3-4,16H,2H2,1H3. The fraction of sp³-hybridized carbons (Fsp3) is 0.273. The quantitative estimate of drug-likeness (QED) is 0.684. The van der Waals surface area contributed by atoms with E-state index < -0.39 is 39.4 Å². The number of phenols is 1. The molecular formula is C11H8F3NO3S. The molecule has 0 amide bonds. The number of carbonyl (C=O) groups is 1. The van der Waals surface area contributed by atoms with Gasteiger partial charge < -0.3 is 9.84 Å². The van der Waals surface area contributed by atoms with Gasteiger partial charge in [0.25, 0.3) is 0 Å². The highest BCUT2D eigenvalue weighted by Gasteiger charge is 2.32. The number of rotatable bonds is 3. The van der Waals surface area contributed by atoms with Crippen LogP contribution in [0.5, 0.6) is 5.75 Å². The van der Waals surface area contributed by atoms with Gasteiger partial charge >= 0.3 is 11.5 Å². The summed E-state index contributed by atoms with van der Waals surface area (Å²) in [4.78, 5) is 10.9. The number of esters is 1. The van der Waals surface area contributed by atoms with E-state index in [0.29, 0.717) is 0 Å². The number of hydrogen-bond donors (Lipinski definition) is 1. The van der Waals surface area contributed by atoms with E-state index >= 15 is 0 Å². The van der Waals surface area contributed by atoms with Crippen molar-refractivity contribution in [2.75, 3.05) is 6.61 Å². The van der Waals surface area contributed by atoms with Gasteiger partial charge in [-0.15, -0.1) is 0 Å². The van der Waals surface area contributed by atoms with E-state index in [2.05, 4.69) is 4.74 Å². The highest BCUT2D eigenvalue weighted by atomic mass is 32.2. The number of benzene rings is 1. The summed E-state index contributed by atoms with van der Waals surface area (Å²) in [7, 11) is 0. The van der Waals surface area contributed by atoms with Gasteiger partial charge in [-0.05, 0) is 30.8 Å². The largest absolute Gasteiger partial charge is 0.506 e. The molecule has 0 aliphatic heterocycles. The Hall–Kier alpha value is -1.88. The zero-order valence-electron chi connectivity index (χ0n) is 9.61. The monoisotopic (exact) mass is 291 g/mol. The third-order valence-electron chi connectivity index (χ3n) is 1.93. The van der Waals surface area contributed by atoms with E-state index in [1.165, 1.54) is 6.92 Å². The van der Waals surface area contributed by atoms with Crippen molar-refractivity contribution in [3.8, 4) is 11.8 Å². The highest BCUT2D eigenvalue weighted by molar-refractivity contribution is 8.00. The van der Waals surface area contributed by atoms with Gasteiger partial charge in [-0.2, -0.15) is 18.4 Å². The maximum Gasteiger partial charge on any atom is 0.446 e. The van der Waals surface area contributed by atoms with Crippen molar-refractivity contribution < 1.29 is 27.8 Å². The molecule has 0 bridgehead atoms. The maximum absolute atomic E-state index is 12.3. The molecule has 1 rings (SSSR count). The lowest BCUT2D eigenvalue weighted by molar-refractivity contribution is -0.0329. The zero-order valence-corrected chi connectivity index (χ0v) is 10.4. The molecule has 1 aromatic carbocycles. The number of alkyl halides is 3. The Morgan fingerprint density at radius 1 is 1.53 bits per heavy atom. The summed E-state index contributed by atoms with van der Waals surface area (Å²) < 4.78 is 41.5. The number of hydrogen-bond acceptors (Lipinski definition) is 5. The van der Waals surface area contributed by atoms with E-state index in [-0.39, 0.29) is 12.2 Å². The number of carbonyl (C=O) groups excluding carboxylic acids is 1. The Balaban J connectivity index is 3.29. The predicted molar refractivity (Wildman–Crippen MR) is 60.7 cm³/mol. The molecule has 0 saturated carbocycles. The summed E-state index contributed by atoms with van der Waals surface area (Å²) in [6.45, 7) is 1.51. The lowest BCUT2D eigenvalue weighted by Crippen LogP contribution is -2.07. The van der Waals surface area contributed by atoms with Gasteiger partial charge in [0.1, 0.15) is 11.3 Å². The second-order valence-corrected chi connectivity index (χ2v) is 4.36. The summed E-state index contributed by atoms with van der Waals surface area (Å²) in [6.07, 6.45) is 0. The molecule has 0 aromatic heterocycles. The van der Waals surface area contributed by atoms with Crippen LogP contribution in [0.2, 0.25) is 0 Å². The zero-order chi connectivity index (χ0) is 14.6. The molecular weight excluding hydrogens is 283 g/mol. The molecule has 0 unspecified atom stereocenters. The van der Waals surface area contributed by atoms with Gasteiger partial charge in [0.2, 0.25) is 0 Å². The van der Waals surface area contributed by atoms with E-state index in [4.69, 9.17) is 5.26 Å². The first-order valence-electron chi connectivity index (χ1n) is 4.98. The second-order valence-electron chi connectivity index (χ2n) is 3.25. The fourth-order valence-electron chi connectivity index (χ4n) is 1.24. The second kappa shape index (κ2) is 5.84. The van der Waals surface area contributed by atoms with Crippen molar-refractivity contribution in [2.24, 2.45) is 0 Å². The van der Waals surface area contributed by atoms with Crippen LogP contribution in [0.4, 0.5) is 13.2 Å². The summed E-state index contributed by atoms with van der Waals surface area (Å²) >= 11 is -0.602. The van der Waals surface area contributed by atoms with Crippen LogP contribution in [0.1, 0.15) is 22.8 Å². The number of nitriles is 1. The van der Waals surface area contributed by atoms with Crippen molar-refractivity contribution in [1.29, 1.82) is 5.26 Å². The third-order valence-corrected chi connectivity index (χ3v) is 2.69. The molecule has 1 aromatic rings. The van der Waals surface area contributed by atoms with Crippen LogP contribution >= 0.6 is 11.8 Å². The summed E-state index contributed by atoms with van der Waals surface area (Å²) in [6, 6.07) is 3.46. The van der Waals surface area contributed by atoms with E-state index in [9.17, 15) is 23.1 Å². The minimum Gasteiger partial charge on any atom is -0.506 e. The van der Waals surface area contributed by atoms with Crippen LogP contribution in [-0.4, -0.2) is 23.2 Å². The van der Waals surface area contributed by atoms with Crippen molar-refractivity contribution in [2.45, 2.75) is 17.3 Å². The minimum absolute atomic E-state index is 0.00317. The van der Waals surface area contributed by atoms with Gasteiger partial charge in [-0.1, -0.05) is 0 Å². The van der Waals surface area contributed by atoms with Crippen LogP contribution in [0.3, 0.4) is 0 Å². The summed E-state index contributed by atoms with van der Waals surface area (Å²) in [5.41, 5.74) is -5.28. The first-order valence-corrected chi connectivity index (χ1v) is 5.80. The van der Waals surface area contributed by atoms with E-state index in [1.807, 2.05) is 0 Å². The normalized spacial score (nSPS) is 10.9. The SMILES string of the molecule is CCOC(=O)c1cc(C#N)cc(SC(F)(F)F)c1O. The van der Waals surface area contributed by atoms with Crippen molar-refractivity contribution in [3.63, 3.8) is 0 Å². The van der Waals surface area contributed by atoms with Crippen LogP contribution in [-0.2, 0) is 4.74 Å². The first kappa shape index (κ1) is 15.2. The molecule has 19 heavy (non-hydrogen) atoms. The number of thioether (sulfide) groups is 1. The van der Waals surface area contributed by atoms with Crippen LogP contribution in [0.25, 0.3) is 0 Å². The third kappa shape index (κ3) is 4.06. The number of aromatic hydroxyl groups is 1. The van der Waals surface area contributed by atoms with E-state index in [1.54, 1.807) is 6.07 Å². The number of halogens is 3. The number of phenolic OH excluding ortho intramolecular Hbond substituents is 1. The molecule has 0 fully saturated rings. The van der Waals surface area contributed by atoms with Crippen molar-refractivity contribution >= 4 is 17.7 Å². The molecule has 0 spiro atoms. The van der Waals surface area contributed by atoms with Gasteiger partial charge in [-0.3, -0.25) is 0 Å². The van der Waals surface area contributed by atoms with E-state index in [0.717, 1.165) is 12.1 Å². The van der Waals surface area contributed by atoms with Crippen LogP contribution in [0.15, 0.2) is 17.0 Å². The first-order chi connectivity index (χ1) is 8.78. The van der Waals surface area contributed by atoms with Crippen LogP contribution in [0, 0.1) is 11.3 Å². The lowest BCUT2D eigenvalue weighted by atomic mass is 10.1. The Bertz CT molecular complexity index is 537. The maximum atomic E-state index is 12.3. The smallest absolute Gasteiger partial charge is 0.446 e. The molecule has 4 nitrogen and oxygen atoms in total. The van der Waals surface area contributed by atoms with Gasteiger partial charge in [-0.25, -0.2) is 4.79 Å². The average Bonchev–Trinajstić information content (AvgIpc) is 2.30. The molecule has 8 heteroatoms. The summed E-state index contributed by atoms with van der Waals surface area (Å²) in [5, 5.41) is 18.4. The average molecular weight is 291 g/mol. The molecule has 0 radical (unpaired) electrons. The predicted octanol–water partition coefficient (Wildman–Crippen LogP) is 3.05. The minimum atomic E-state index is -4.64. The topological polar surface area (TPSA) is 70.3 Å². The highest BCUT2D eigenvalue weighted by Crippen LogP contribution is 2.42. The lowest BCUT2D eigenvalue weighted by Gasteiger charge is -2.11. The van der Waals surface area contributed by atoms with Gasteiger partial charge in [0.05, 0.1) is 23.1 Å².